The second-order valence-electron chi connectivity index (χ2n) is 29.9. The SMILES string of the molecule is [C-]#[N+]C([N+]#[C-])=C1Cc2c(C#N)c3c(c(C#N)c2=C1c1ccc(C)cc1)CC(=C(C#N)C#N)C=3c1ccc(OC(F)(F)F)cc1.[C-]#[N+]C([N+]#[C-])=C1Cc2c(C(F)(F)F)c3c(c(C(F)(F)F)c2=C1c1ccc(C)cc1)CC(=C(C#N)C#N)C=3c1ccc(OC(F)(F)F)cc1.[C-]#[N+]C([N+]#[C-])=C1Cc2c(F)c3c(c(F)c2=C1c1ccc(C)cc1)CC(=C(C#N)C#N)C=3c1ccc(OC(F)(F)F)cc1. The Hall–Kier alpha value is -18.3. The molecule has 0 N–H and O–H groups in total. The maximum absolute atomic E-state index is 16.6. The van der Waals surface area contributed by atoms with E-state index in [0.29, 0.717) is 49.7 Å². The number of fused-ring (bicyclic) bond motifs is 6. The van der Waals surface area contributed by atoms with Crippen LogP contribution in [0.1, 0.15) is 106 Å². The van der Waals surface area contributed by atoms with Gasteiger partial charge in [0, 0.05) is 57.7 Å². The molecule has 17 nitrogen and oxygen atoms in total. The molecular weight excluding hydrogens is 1770 g/mol. The van der Waals surface area contributed by atoms with Crippen molar-refractivity contribution < 1.29 is 88.8 Å². The summed E-state index contributed by atoms with van der Waals surface area (Å²) in [5.41, 5.74) is -1.85. The first kappa shape index (κ1) is 93.4. The predicted octanol–water partition coefficient (Wildman–Crippen LogP) is 19.5. The Kier molecular flexibility index (Phi) is 25.1. The zero-order chi connectivity index (χ0) is 97.4. The van der Waals surface area contributed by atoms with Crippen molar-refractivity contribution in [3.05, 3.63) is 430 Å². The van der Waals surface area contributed by atoms with Gasteiger partial charge in [-0.1, -0.05) is 126 Å². The average Bonchev–Trinajstić information content (AvgIpc) is 1.53. The number of nitriles is 8. The number of benzene rings is 9. The van der Waals surface area contributed by atoms with E-state index < -0.39 is 134 Å². The molecule has 6 aliphatic rings. The molecule has 0 unspecified atom stereocenters. The minimum absolute atomic E-state index is 0.00245. The highest BCUT2D eigenvalue weighted by Gasteiger charge is 2.50. The quantitative estimate of drug-likeness (QED) is 0.0747. The molecule has 0 saturated carbocycles. The molecule has 0 saturated heterocycles. The lowest BCUT2D eigenvalue weighted by atomic mass is 9.90. The van der Waals surface area contributed by atoms with Crippen LogP contribution < -0.4 is 45.5 Å². The van der Waals surface area contributed by atoms with Crippen LogP contribution in [0.25, 0.3) is 62.5 Å². The van der Waals surface area contributed by atoms with E-state index in [1.807, 2.05) is 50.3 Å². The van der Waals surface area contributed by atoms with Crippen molar-refractivity contribution in [1.82, 2.24) is 0 Å². The van der Waals surface area contributed by atoms with Crippen LogP contribution >= 0.6 is 0 Å². The van der Waals surface area contributed by atoms with Crippen LogP contribution in [-0.2, 0) is 50.9 Å². The summed E-state index contributed by atoms with van der Waals surface area (Å²) in [6, 6.07) is 47.0. The Morgan fingerprint density at radius 3 is 0.724 bits per heavy atom. The summed E-state index contributed by atoms with van der Waals surface area (Å²) in [7, 11) is 0. The Bertz CT molecular complexity index is 7930. The van der Waals surface area contributed by atoms with Crippen molar-refractivity contribution in [2.75, 3.05) is 0 Å². The number of hydrogen-bond acceptors (Lipinski definition) is 11. The van der Waals surface area contributed by atoms with E-state index in [9.17, 15) is 81.6 Å². The maximum atomic E-state index is 16.6. The number of rotatable bonds is 9. The summed E-state index contributed by atoms with van der Waals surface area (Å²) < 4.78 is 252. The Morgan fingerprint density at radius 1 is 0.276 bits per heavy atom. The molecule has 9 aromatic rings. The number of allylic oxidation sites excluding steroid dienone is 9. The summed E-state index contributed by atoms with van der Waals surface area (Å²) in [5, 5.41) is 77.8. The van der Waals surface area contributed by atoms with Gasteiger partial charge < -0.3 is 14.2 Å². The van der Waals surface area contributed by atoms with Gasteiger partial charge in [-0.15, -0.1) is 39.5 Å². The summed E-state index contributed by atoms with van der Waals surface area (Å²) in [4.78, 5) is 19.6. The van der Waals surface area contributed by atoms with E-state index in [-0.39, 0.29) is 142 Å². The van der Waals surface area contributed by atoms with Gasteiger partial charge in [0.1, 0.15) is 134 Å². The summed E-state index contributed by atoms with van der Waals surface area (Å²) >= 11 is 0. The molecule has 0 aromatic heterocycles. The standard InChI is InChI=1S/C34H15F9N4O.C34H15F3N6O.C32H15F5N4O/c1-16-4-6-17(7-5-16)26-24(31(46-2)47-3)13-23-28(26)29(32(35,36)37)22-12-21(19(14-44)15-45)25(27(22)30(23)33(38,39)40)18-8-10-20(11-9-18)48-34(41,42)43;1-18-4-6-19(7-5-18)30-26(33(42-2)43-3)13-25-28(17-41)31-24(27(16-40)32(25)30)12-23(21(14-38)15-39)29(31)20-8-10-22(11-9-20)44-34(35,36)37;1-16-4-6-17(7-5-16)26-24(31(40-2)41-3)13-23-28(26)29(33)22-12-21(19(14-38)15-39)25(27(22)30(23)34)18-8-10-20(11-9-18)42-32(35,36)37/h4-11H,12-13H2,1H3;4-11H,12-13H2,1H3;4-11H,12-13H2,1H3. The van der Waals surface area contributed by atoms with Crippen LogP contribution in [0, 0.1) is 162 Å². The van der Waals surface area contributed by atoms with Gasteiger partial charge in [-0.05, 0) is 186 Å². The van der Waals surface area contributed by atoms with Gasteiger partial charge in [-0.3, -0.25) is 0 Å². The first-order valence-electron chi connectivity index (χ1n) is 38.6. The molecule has 0 fully saturated rings. The van der Waals surface area contributed by atoms with Crippen LogP contribution in [0.3, 0.4) is 0 Å². The number of hydrogen-bond donors (Lipinski definition) is 0. The smallest absolute Gasteiger partial charge is 0.406 e. The molecule has 9 aromatic carbocycles. The molecule has 652 valence electrons. The molecule has 6 aliphatic carbocycles. The monoisotopic (exact) mass is 1810 g/mol. The van der Waals surface area contributed by atoms with Crippen molar-refractivity contribution in [3.8, 4) is 65.8 Å². The van der Waals surface area contributed by atoms with Crippen molar-refractivity contribution >= 4 is 33.4 Å². The third kappa shape index (κ3) is 17.3. The number of halogens is 17. The van der Waals surface area contributed by atoms with Crippen LogP contribution in [0.2, 0.25) is 0 Å². The topological polar surface area (TPSA) is 244 Å². The highest BCUT2D eigenvalue weighted by Crippen LogP contribution is 2.48. The van der Waals surface area contributed by atoms with Gasteiger partial charge in [0.25, 0.3) is 0 Å². The van der Waals surface area contributed by atoms with Crippen LogP contribution in [0.15, 0.2) is 213 Å². The van der Waals surface area contributed by atoms with E-state index in [1.54, 1.807) is 43.3 Å². The minimum atomic E-state index is -5.37. The normalized spacial score (nSPS) is 13.5. The largest absolute Gasteiger partial charge is 0.573 e. The molecule has 0 aliphatic heterocycles. The van der Waals surface area contributed by atoms with Gasteiger partial charge in [0.05, 0.1) is 39.0 Å². The summed E-state index contributed by atoms with van der Waals surface area (Å²) in [6.07, 6.45) is -28.3. The fourth-order valence-corrected chi connectivity index (χ4v) is 17.2. The average molecular weight is 1810 g/mol. The van der Waals surface area contributed by atoms with Gasteiger partial charge in [0.15, 0.2) is 0 Å². The van der Waals surface area contributed by atoms with Crippen molar-refractivity contribution in [2.45, 2.75) is 90.7 Å². The van der Waals surface area contributed by atoms with E-state index in [0.717, 1.165) is 59.7 Å². The number of nitrogens with zero attached hydrogens (tertiary/aromatic N) is 14. The first-order valence-corrected chi connectivity index (χ1v) is 38.6. The number of aryl methyl sites for hydroxylation is 3. The molecule has 0 bridgehead atoms. The highest BCUT2D eigenvalue weighted by atomic mass is 19.4. The molecule has 15 rings (SSSR count). The zero-order valence-electron chi connectivity index (χ0n) is 68.5. The summed E-state index contributed by atoms with van der Waals surface area (Å²) in [6.45, 7) is 50.6. The predicted molar refractivity (Wildman–Crippen MR) is 442 cm³/mol. The Morgan fingerprint density at radius 2 is 0.478 bits per heavy atom. The van der Waals surface area contributed by atoms with Crippen LogP contribution in [0.4, 0.5) is 74.6 Å². The molecule has 0 spiro atoms. The highest BCUT2D eigenvalue weighted by molar-refractivity contribution is 5.95. The molecule has 0 heterocycles. The minimum Gasteiger partial charge on any atom is -0.406 e. The fraction of sp³-hybridized carbons (Fsp3) is 0.140. The maximum Gasteiger partial charge on any atom is 0.573 e. The van der Waals surface area contributed by atoms with E-state index in [1.165, 1.54) is 60.7 Å². The van der Waals surface area contributed by atoms with E-state index in [2.05, 4.69) is 55.4 Å². The van der Waals surface area contributed by atoms with Crippen molar-refractivity contribution in [3.63, 3.8) is 0 Å². The van der Waals surface area contributed by atoms with Gasteiger partial charge in [-0.25, -0.2) is 8.78 Å². The first-order chi connectivity index (χ1) is 63.6. The zero-order valence-corrected chi connectivity index (χ0v) is 68.5. The Labute approximate surface area is 747 Å². The Balaban J connectivity index is 0.000000171. The molecule has 134 heavy (non-hydrogen) atoms. The lowest BCUT2D eigenvalue weighted by Gasteiger charge is -2.19. The van der Waals surface area contributed by atoms with Gasteiger partial charge >= 0.3 is 48.9 Å². The van der Waals surface area contributed by atoms with Gasteiger partial charge in [-0.2, -0.15) is 97.5 Å². The van der Waals surface area contributed by atoms with Crippen LogP contribution in [0.5, 0.6) is 17.2 Å². The third-order valence-corrected chi connectivity index (χ3v) is 22.4. The molecular formula is C100H45F17N14O3. The van der Waals surface area contributed by atoms with E-state index >= 15 is 35.1 Å². The lowest BCUT2D eigenvalue weighted by Crippen LogP contribution is -2.36. The van der Waals surface area contributed by atoms with Gasteiger partial charge in [0.2, 0.25) is 0 Å². The fourth-order valence-electron chi connectivity index (χ4n) is 17.2. The molecule has 34 heteroatoms. The number of ether oxygens (including phenoxy) is 3. The lowest BCUT2D eigenvalue weighted by molar-refractivity contribution is -0.275. The second-order valence-corrected chi connectivity index (χ2v) is 29.9. The molecule has 0 atom stereocenters. The molecule has 0 amide bonds. The number of alkyl halides is 15. The summed E-state index contributed by atoms with van der Waals surface area (Å²) in [5.74, 6) is -4.79. The molecule has 0 radical (unpaired) electrons. The van der Waals surface area contributed by atoms with Crippen molar-refractivity contribution in [2.24, 2.45) is 0 Å². The van der Waals surface area contributed by atoms with E-state index in [4.69, 9.17) is 39.4 Å². The third-order valence-electron chi connectivity index (χ3n) is 22.4. The van der Waals surface area contributed by atoms with Crippen molar-refractivity contribution in [1.29, 1.82) is 42.1 Å². The second kappa shape index (κ2) is 36.1. The van der Waals surface area contributed by atoms with Crippen LogP contribution in [-0.4, -0.2) is 19.1 Å².